The van der Waals surface area contributed by atoms with Gasteiger partial charge in [0, 0.05) is 0 Å². The zero-order chi connectivity index (χ0) is 13.6. The molecule has 108 valence electrons. The van der Waals surface area contributed by atoms with Crippen molar-refractivity contribution in [2.75, 3.05) is 0 Å². The largest absolute Gasteiger partial charge is 0.103 e. The lowest BCUT2D eigenvalue weighted by atomic mass is 9.93. The molecule has 0 aromatic heterocycles. The average molecular weight is 252 g/mol. The van der Waals surface area contributed by atoms with Crippen molar-refractivity contribution in [1.29, 1.82) is 0 Å². The molecule has 0 aromatic carbocycles. The summed E-state index contributed by atoms with van der Waals surface area (Å²) in [5.74, 6) is 1.88. The van der Waals surface area contributed by atoms with E-state index in [0.717, 1.165) is 11.8 Å². The molecule has 0 nitrogen and oxygen atoms in total. The first-order valence-corrected chi connectivity index (χ1v) is 8.31. The van der Waals surface area contributed by atoms with Gasteiger partial charge in [-0.1, -0.05) is 84.6 Å². The Morgan fingerprint density at radius 1 is 0.778 bits per heavy atom. The second kappa shape index (κ2) is 13.2. The lowest BCUT2D eigenvalue weighted by molar-refractivity contribution is 0.405. The van der Waals surface area contributed by atoms with Crippen LogP contribution in [0.4, 0.5) is 0 Å². The monoisotopic (exact) mass is 252 g/mol. The van der Waals surface area contributed by atoms with Gasteiger partial charge in [0.2, 0.25) is 0 Å². The first-order valence-electron chi connectivity index (χ1n) is 8.31. The summed E-state index contributed by atoms with van der Waals surface area (Å²) >= 11 is 0. The van der Waals surface area contributed by atoms with Crippen molar-refractivity contribution in [1.82, 2.24) is 0 Å². The molecule has 0 aromatic rings. The summed E-state index contributed by atoms with van der Waals surface area (Å²) in [5, 5.41) is 0. The van der Waals surface area contributed by atoms with Crippen LogP contribution in [-0.4, -0.2) is 0 Å². The van der Waals surface area contributed by atoms with E-state index >= 15 is 0 Å². The first kappa shape index (κ1) is 17.7. The minimum atomic E-state index is 0.932. The van der Waals surface area contributed by atoms with Gasteiger partial charge in [-0.3, -0.25) is 0 Å². The van der Waals surface area contributed by atoms with Crippen LogP contribution in [0.1, 0.15) is 91.4 Å². The Labute approximate surface area is 116 Å². The number of hydrogen-bond acceptors (Lipinski definition) is 0. The molecule has 18 heavy (non-hydrogen) atoms. The van der Waals surface area contributed by atoms with E-state index in [2.05, 4.69) is 27.4 Å². The van der Waals surface area contributed by atoms with Crippen LogP contribution >= 0.6 is 0 Å². The molecule has 0 saturated heterocycles. The van der Waals surface area contributed by atoms with Crippen LogP contribution in [0.5, 0.6) is 0 Å². The lowest BCUT2D eigenvalue weighted by Gasteiger charge is -2.13. The van der Waals surface area contributed by atoms with Gasteiger partial charge in [0.1, 0.15) is 0 Å². The molecule has 0 amide bonds. The highest BCUT2D eigenvalue weighted by atomic mass is 14.1. The van der Waals surface area contributed by atoms with Crippen LogP contribution in [0.3, 0.4) is 0 Å². The van der Waals surface area contributed by atoms with Gasteiger partial charge in [0.15, 0.2) is 0 Å². The van der Waals surface area contributed by atoms with Crippen molar-refractivity contribution >= 4 is 0 Å². The Bertz CT molecular complexity index is 171. The van der Waals surface area contributed by atoms with Crippen LogP contribution < -0.4 is 0 Å². The van der Waals surface area contributed by atoms with E-state index < -0.39 is 0 Å². The Balaban J connectivity index is 3.21. The van der Waals surface area contributed by atoms with Crippen molar-refractivity contribution in [2.45, 2.75) is 91.4 Å². The fourth-order valence-electron chi connectivity index (χ4n) is 2.48. The Morgan fingerprint density at radius 2 is 1.33 bits per heavy atom. The molecule has 0 bridgehead atoms. The third kappa shape index (κ3) is 12.2. The molecule has 0 unspecified atom stereocenters. The van der Waals surface area contributed by atoms with Crippen molar-refractivity contribution in [3.05, 3.63) is 12.7 Å². The molecule has 0 aliphatic heterocycles. The SMILES string of the molecule is C=CCCCCCCC[C@@H](C)CCC[C@H](C)CC. The lowest BCUT2D eigenvalue weighted by Crippen LogP contribution is -1.98. The van der Waals surface area contributed by atoms with E-state index in [1.165, 1.54) is 70.6 Å². The zero-order valence-corrected chi connectivity index (χ0v) is 13.2. The molecule has 0 spiro atoms. The highest BCUT2D eigenvalue weighted by Crippen LogP contribution is 2.19. The Hall–Kier alpha value is -0.260. The smallest absolute Gasteiger partial charge is 0.0353 e. The van der Waals surface area contributed by atoms with E-state index in [1.54, 1.807) is 0 Å². The van der Waals surface area contributed by atoms with Crippen LogP contribution in [0.2, 0.25) is 0 Å². The minimum absolute atomic E-state index is 0.932. The normalized spacial score (nSPS) is 14.4. The molecular weight excluding hydrogens is 216 g/mol. The fourth-order valence-corrected chi connectivity index (χ4v) is 2.48. The van der Waals surface area contributed by atoms with Gasteiger partial charge in [-0.05, 0) is 24.7 Å². The van der Waals surface area contributed by atoms with Gasteiger partial charge in [-0.25, -0.2) is 0 Å². The molecule has 2 atom stereocenters. The minimum Gasteiger partial charge on any atom is -0.103 e. The van der Waals surface area contributed by atoms with E-state index in [1.807, 2.05) is 6.08 Å². The quantitative estimate of drug-likeness (QED) is 0.251. The summed E-state index contributed by atoms with van der Waals surface area (Å²) in [5.41, 5.74) is 0. The molecule has 0 N–H and O–H groups in total. The molecule has 0 fully saturated rings. The van der Waals surface area contributed by atoms with Crippen LogP contribution in [0.25, 0.3) is 0 Å². The molecular formula is C18H36. The van der Waals surface area contributed by atoms with Crippen LogP contribution in [0, 0.1) is 11.8 Å². The van der Waals surface area contributed by atoms with Gasteiger partial charge < -0.3 is 0 Å². The van der Waals surface area contributed by atoms with E-state index in [-0.39, 0.29) is 0 Å². The van der Waals surface area contributed by atoms with Crippen molar-refractivity contribution in [2.24, 2.45) is 11.8 Å². The van der Waals surface area contributed by atoms with Crippen molar-refractivity contribution in [3.63, 3.8) is 0 Å². The molecule has 0 aliphatic carbocycles. The summed E-state index contributed by atoms with van der Waals surface area (Å²) in [7, 11) is 0. The number of allylic oxidation sites excluding steroid dienone is 1. The number of hydrogen-bond donors (Lipinski definition) is 0. The van der Waals surface area contributed by atoms with E-state index in [4.69, 9.17) is 0 Å². The fraction of sp³-hybridized carbons (Fsp3) is 0.889. The maximum absolute atomic E-state index is 3.76. The maximum Gasteiger partial charge on any atom is -0.0353 e. The summed E-state index contributed by atoms with van der Waals surface area (Å²) in [6.45, 7) is 10.9. The number of unbranched alkanes of at least 4 members (excludes halogenated alkanes) is 5. The van der Waals surface area contributed by atoms with Crippen LogP contribution in [0.15, 0.2) is 12.7 Å². The van der Waals surface area contributed by atoms with Gasteiger partial charge in [-0.2, -0.15) is 0 Å². The second-order valence-corrected chi connectivity index (χ2v) is 6.18. The third-order valence-corrected chi connectivity index (χ3v) is 4.20. The molecule has 0 radical (unpaired) electrons. The van der Waals surface area contributed by atoms with Gasteiger partial charge in [-0.15, -0.1) is 6.58 Å². The molecule has 0 rings (SSSR count). The van der Waals surface area contributed by atoms with Crippen LogP contribution in [-0.2, 0) is 0 Å². The van der Waals surface area contributed by atoms with Crippen molar-refractivity contribution < 1.29 is 0 Å². The maximum atomic E-state index is 3.76. The third-order valence-electron chi connectivity index (χ3n) is 4.20. The standard InChI is InChI=1S/C18H36/c1-5-7-8-9-10-11-12-14-18(4)16-13-15-17(3)6-2/h5,17-18H,1,6-16H2,2-4H3/t17-,18-/m1/s1. The molecule has 0 heterocycles. The van der Waals surface area contributed by atoms with E-state index in [0.29, 0.717) is 0 Å². The van der Waals surface area contributed by atoms with Gasteiger partial charge in [0.05, 0.1) is 0 Å². The van der Waals surface area contributed by atoms with Crippen molar-refractivity contribution in [3.8, 4) is 0 Å². The second-order valence-electron chi connectivity index (χ2n) is 6.18. The topological polar surface area (TPSA) is 0 Å². The summed E-state index contributed by atoms with van der Waals surface area (Å²) in [4.78, 5) is 0. The highest BCUT2D eigenvalue weighted by molar-refractivity contribution is 4.65. The van der Waals surface area contributed by atoms with Gasteiger partial charge in [0.25, 0.3) is 0 Å². The summed E-state index contributed by atoms with van der Waals surface area (Å²) < 4.78 is 0. The molecule has 0 saturated carbocycles. The zero-order valence-electron chi connectivity index (χ0n) is 13.2. The predicted octanol–water partition coefficient (Wildman–Crippen LogP) is 6.76. The molecule has 0 aliphatic rings. The Morgan fingerprint density at radius 3 is 2.00 bits per heavy atom. The summed E-state index contributed by atoms with van der Waals surface area (Å²) in [6.07, 6.45) is 17.4. The molecule has 0 heteroatoms. The first-order chi connectivity index (χ1) is 8.70. The number of rotatable bonds is 13. The summed E-state index contributed by atoms with van der Waals surface area (Å²) in [6, 6.07) is 0. The highest BCUT2D eigenvalue weighted by Gasteiger charge is 2.04. The van der Waals surface area contributed by atoms with E-state index in [9.17, 15) is 0 Å². The van der Waals surface area contributed by atoms with Gasteiger partial charge >= 0.3 is 0 Å². The average Bonchev–Trinajstić information content (AvgIpc) is 2.37. The Kier molecular flexibility index (Phi) is 13.0. The predicted molar refractivity (Wildman–Crippen MR) is 85.0 cm³/mol.